The molecule has 0 atom stereocenters. The monoisotopic (exact) mass is 186 g/mol. The average Bonchev–Trinajstić information content (AvgIpc) is 2.66. The summed E-state index contributed by atoms with van der Waals surface area (Å²) in [5.74, 6) is 0. The fraction of sp³-hybridized carbons (Fsp3) is 0.571. The third-order valence-corrected chi connectivity index (χ3v) is 4.07. The van der Waals surface area contributed by atoms with Gasteiger partial charge < -0.3 is 0 Å². The number of hydrogen-bond acceptors (Lipinski definition) is 0. The molecule has 0 saturated heterocycles. The fourth-order valence-electron chi connectivity index (χ4n) is 3.33. The van der Waals surface area contributed by atoms with Crippen molar-refractivity contribution in [3.63, 3.8) is 0 Å². The van der Waals surface area contributed by atoms with Crippen molar-refractivity contribution in [2.24, 2.45) is 0 Å². The van der Waals surface area contributed by atoms with Gasteiger partial charge in [0.1, 0.15) is 0 Å². The van der Waals surface area contributed by atoms with Crippen molar-refractivity contribution in [3.8, 4) is 0 Å². The van der Waals surface area contributed by atoms with E-state index in [0.717, 1.165) is 0 Å². The molecule has 0 nitrogen and oxygen atoms in total. The summed E-state index contributed by atoms with van der Waals surface area (Å²) in [6.45, 7) is 4.33. The zero-order valence-corrected chi connectivity index (χ0v) is 8.86. The van der Waals surface area contributed by atoms with Crippen molar-refractivity contribution in [3.05, 3.63) is 34.4 Å². The quantitative estimate of drug-likeness (QED) is 0.529. The topological polar surface area (TPSA) is 0 Å². The largest absolute Gasteiger partial charge is 0.0912 e. The zero-order chi connectivity index (χ0) is 9.54. The van der Waals surface area contributed by atoms with E-state index in [1.165, 1.54) is 56.9 Å². The van der Waals surface area contributed by atoms with E-state index in [4.69, 9.17) is 0 Å². The number of hydrogen-bond donors (Lipinski definition) is 0. The van der Waals surface area contributed by atoms with Crippen molar-refractivity contribution in [1.29, 1.82) is 0 Å². The van der Waals surface area contributed by atoms with Gasteiger partial charge >= 0.3 is 0 Å². The Morgan fingerprint density at radius 3 is 2.07 bits per heavy atom. The van der Waals surface area contributed by atoms with Crippen LogP contribution in [0, 0.1) is 0 Å². The van der Waals surface area contributed by atoms with Gasteiger partial charge in [-0.15, -0.1) is 0 Å². The first-order valence-electron chi connectivity index (χ1n) is 5.97. The molecule has 0 N–H and O–H groups in total. The van der Waals surface area contributed by atoms with Crippen LogP contribution in [0.1, 0.15) is 51.4 Å². The summed E-state index contributed by atoms with van der Waals surface area (Å²) < 4.78 is 0. The summed E-state index contributed by atoms with van der Waals surface area (Å²) in [5.41, 5.74) is 8.19. The van der Waals surface area contributed by atoms with Crippen LogP contribution in [0.4, 0.5) is 0 Å². The SMILES string of the molecule is C=C1C2=C(CCCC2)CC2=C1CCC2. The fourth-order valence-corrected chi connectivity index (χ4v) is 3.33. The zero-order valence-electron chi connectivity index (χ0n) is 8.86. The molecule has 0 aromatic carbocycles. The van der Waals surface area contributed by atoms with Crippen molar-refractivity contribution in [2.75, 3.05) is 0 Å². The van der Waals surface area contributed by atoms with Gasteiger partial charge in [0.15, 0.2) is 0 Å². The summed E-state index contributed by atoms with van der Waals surface area (Å²) in [7, 11) is 0. The Morgan fingerprint density at radius 1 is 0.714 bits per heavy atom. The first-order valence-corrected chi connectivity index (χ1v) is 5.97. The molecule has 0 spiro atoms. The molecule has 0 aliphatic heterocycles. The maximum absolute atomic E-state index is 4.33. The number of rotatable bonds is 0. The lowest BCUT2D eigenvalue weighted by molar-refractivity contribution is 0.656. The van der Waals surface area contributed by atoms with E-state index in [-0.39, 0.29) is 0 Å². The smallest absolute Gasteiger partial charge is 0.00964 e. The maximum atomic E-state index is 4.33. The predicted molar refractivity (Wildman–Crippen MR) is 60.1 cm³/mol. The van der Waals surface area contributed by atoms with Gasteiger partial charge in [-0.3, -0.25) is 0 Å². The standard InChI is InChI=1S/C14H18/c1-10-13-7-3-2-5-11(13)9-12-6-4-8-14(10)12/h1-9H2. The van der Waals surface area contributed by atoms with Gasteiger partial charge in [0, 0.05) is 0 Å². The molecule has 14 heavy (non-hydrogen) atoms. The summed E-state index contributed by atoms with van der Waals surface area (Å²) in [4.78, 5) is 0. The van der Waals surface area contributed by atoms with Gasteiger partial charge in [0.2, 0.25) is 0 Å². The molecular formula is C14H18. The Morgan fingerprint density at radius 2 is 1.29 bits per heavy atom. The van der Waals surface area contributed by atoms with Gasteiger partial charge in [-0.1, -0.05) is 17.7 Å². The molecule has 3 aliphatic carbocycles. The summed E-state index contributed by atoms with van der Waals surface area (Å²) >= 11 is 0. The van der Waals surface area contributed by atoms with Crippen LogP contribution in [0.3, 0.4) is 0 Å². The Labute approximate surface area is 86.4 Å². The van der Waals surface area contributed by atoms with E-state index >= 15 is 0 Å². The number of allylic oxidation sites excluding steroid dienone is 5. The van der Waals surface area contributed by atoms with Crippen LogP contribution in [-0.2, 0) is 0 Å². The molecule has 0 heterocycles. The second-order valence-electron chi connectivity index (χ2n) is 4.88. The molecule has 0 aromatic heterocycles. The lowest BCUT2D eigenvalue weighted by Gasteiger charge is -2.28. The van der Waals surface area contributed by atoms with E-state index in [1.807, 2.05) is 0 Å². The molecule has 3 rings (SSSR count). The summed E-state index contributed by atoms with van der Waals surface area (Å²) in [5, 5.41) is 0. The summed E-state index contributed by atoms with van der Waals surface area (Å²) in [6.07, 6.45) is 10.8. The van der Waals surface area contributed by atoms with E-state index in [1.54, 1.807) is 22.3 Å². The molecule has 0 fully saturated rings. The maximum Gasteiger partial charge on any atom is -0.00964 e. The highest BCUT2D eigenvalue weighted by Gasteiger charge is 2.27. The normalized spacial score (nSPS) is 26.7. The van der Waals surface area contributed by atoms with Crippen LogP contribution in [0.15, 0.2) is 34.4 Å². The molecule has 0 radical (unpaired) electrons. The van der Waals surface area contributed by atoms with Gasteiger partial charge in [-0.05, 0) is 68.1 Å². The minimum atomic E-state index is 1.31. The van der Waals surface area contributed by atoms with Gasteiger partial charge in [0.05, 0.1) is 0 Å². The lowest BCUT2D eigenvalue weighted by Crippen LogP contribution is -2.09. The average molecular weight is 186 g/mol. The first-order chi connectivity index (χ1) is 6.86. The molecule has 74 valence electrons. The molecular weight excluding hydrogens is 168 g/mol. The van der Waals surface area contributed by atoms with Crippen LogP contribution >= 0.6 is 0 Å². The molecule has 0 saturated carbocycles. The van der Waals surface area contributed by atoms with Crippen molar-refractivity contribution < 1.29 is 0 Å². The predicted octanol–water partition coefficient (Wildman–Crippen LogP) is 4.30. The van der Waals surface area contributed by atoms with Gasteiger partial charge in [-0.25, -0.2) is 0 Å². The van der Waals surface area contributed by atoms with Crippen LogP contribution in [-0.4, -0.2) is 0 Å². The summed E-state index contributed by atoms with van der Waals surface area (Å²) in [6, 6.07) is 0. The molecule has 0 heteroatoms. The highest BCUT2D eigenvalue weighted by Crippen LogP contribution is 2.46. The van der Waals surface area contributed by atoms with Crippen LogP contribution < -0.4 is 0 Å². The third kappa shape index (κ3) is 1.13. The van der Waals surface area contributed by atoms with E-state index < -0.39 is 0 Å². The van der Waals surface area contributed by atoms with Crippen molar-refractivity contribution in [1.82, 2.24) is 0 Å². The second kappa shape index (κ2) is 3.12. The second-order valence-corrected chi connectivity index (χ2v) is 4.88. The van der Waals surface area contributed by atoms with Crippen LogP contribution in [0.25, 0.3) is 0 Å². The Kier molecular flexibility index (Phi) is 1.90. The first kappa shape index (κ1) is 8.52. The Hall–Kier alpha value is -0.780. The minimum absolute atomic E-state index is 1.31. The lowest BCUT2D eigenvalue weighted by atomic mass is 9.77. The molecule has 0 bridgehead atoms. The van der Waals surface area contributed by atoms with Crippen LogP contribution in [0.2, 0.25) is 0 Å². The van der Waals surface area contributed by atoms with E-state index in [9.17, 15) is 0 Å². The van der Waals surface area contributed by atoms with Gasteiger partial charge in [0.25, 0.3) is 0 Å². The third-order valence-electron chi connectivity index (χ3n) is 4.07. The molecule has 3 aliphatic rings. The van der Waals surface area contributed by atoms with Crippen LogP contribution in [0.5, 0.6) is 0 Å². The molecule has 0 aromatic rings. The van der Waals surface area contributed by atoms with E-state index in [2.05, 4.69) is 6.58 Å². The minimum Gasteiger partial charge on any atom is -0.0912 e. The van der Waals surface area contributed by atoms with Crippen molar-refractivity contribution >= 4 is 0 Å². The van der Waals surface area contributed by atoms with E-state index in [0.29, 0.717) is 0 Å². The Balaban J connectivity index is 1.99. The molecule has 0 unspecified atom stereocenters. The Bertz CT molecular complexity index is 352. The highest BCUT2D eigenvalue weighted by atomic mass is 14.3. The van der Waals surface area contributed by atoms with Crippen molar-refractivity contribution in [2.45, 2.75) is 51.4 Å². The van der Waals surface area contributed by atoms with Gasteiger partial charge in [-0.2, -0.15) is 0 Å². The highest BCUT2D eigenvalue weighted by molar-refractivity contribution is 5.55. The molecule has 0 amide bonds.